The molecule has 1 aromatic heterocycles. The summed E-state index contributed by atoms with van der Waals surface area (Å²) < 4.78 is 81.5. The molecule has 1 aliphatic rings. The van der Waals surface area contributed by atoms with Gasteiger partial charge in [-0.05, 0) is 32.4 Å². The van der Waals surface area contributed by atoms with Gasteiger partial charge < -0.3 is 30.3 Å². The number of carbonyl (C=O) groups is 4. The number of halogens is 5. The van der Waals surface area contributed by atoms with Crippen LogP contribution in [0.3, 0.4) is 0 Å². The van der Waals surface area contributed by atoms with E-state index in [1.165, 1.54) is 13.0 Å². The van der Waals surface area contributed by atoms with E-state index >= 15 is 0 Å². The van der Waals surface area contributed by atoms with E-state index in [1.807, 2.05) is 0 Å². The van der Waals surface area contributed by atoms with Gasteiger partial charge in [0.05, 0.1) is 18.1 Å². The molecule has 2 aromatic rings. The first kappa shape index (κ1) is 34.2. The first-order valence-electron chi connectivity index (χ1n) is 13.4. The van der Waals surface area contributed by atoms with Gasteiger partial charge in [-0.15, -0.1) is 0 Å². The number of carbonyl (C=O) groups excluding carboxylic acids is 4. The minimum Gasteiger partial charge on any atom is -0.505 e. The minimum atomic E-state index is -2.43. The number of rotatable bonds is 6. The number of nitrogens with zero attached hydrogens (tertiary/aromatic N) is 1. The third kappa shape index (κ3) is 7.06. The molecule has 0 bridgehead atoms. The van der Waals surface area contributed by atoms with E-state index in [2.05, 4.69) is 15.6 Å². The molecule has 16 heteroatoms. The summed E-state index contributed by atoms with van der Waals surface area (Å²) >= 11 is 0. The summed E-state index contributed by atoms with van der Waals surface area (Å²) in [6.45, 7) is 5.46. The molecule has 11 nitrogen and oxygen atoms in total. The van der Waals surface area contributed by atoms with Gasteiger partial charge in [-0.3, -0.25) is 14.4 Å². The number of amides is 2. The number of benzene rings is 1. The average Bonchev–Trinajstić information content (AvgIpc) is 2.99. The molecule has 1 aliphatic heterocycles. The molecule has 1 fully saturated rings. The average molecular weight is 632 g/mol. The number of nitrogens with one attached hydrogen (secondary N) is 2. The number of aliphatic hydroxyl groups is 1. The van der Waals surface area contributed by atoms with Crippen molar-refractivity contribution in [2.24, 2.45) is 11.8 Å². The Hall–Kier alpha value is -4.34. The van der Waals surface area contributed by atoms with Crippen LogP contribution in [0, 0.1) is 40.9 Å². The van der Waals surface area contributed by atoms with Crippen molar-refractivity contribution >= 4 is 23.8 Å². The summed E-state index contributed by atoms with van der Waals surface area (Å²) in [5, 5.41) is 25.5. The number of pyridine rings is 1. The van der Waals surface area contributed by atoms with Crippen molar-refractivity contribution in [3.63, 3.8) is 0 Å². The largest absolute Gasteiger partial charge is 0.505 e. The van der Waals surface area contributed by atoms with E-state index in [9.17, 15) is 51.3 Å². The second kappa shape index (κ2) is 14.0. The molecule has 0 aliphatic carbocycles. The van der Waals surface area contributed by atoms with E-state index in [-0.39, 0.29) is 0 Å². The molecule has 1 aromatic carbocycles. The van der Waals surface area contributed by atoms with Crippen molar-refractivity contribution in [1.29, 1.82) is 0 Å². The predicted molar refractivity (Wildman–Crippen MR) is 139 cm³/mol. The van der Waals surface area contributed by atoms with Gasteiger partial charge in [-0.25, -0.2) is 31.7 Å². The van der Waals surface area contributed by atoms with E-state index in [1.54, 1.807) is 13.8 Å². The molecule has 44 heavy (non-hydrogen) atoms. The van der Waals surface area contributed by atoms with Crippen LogP contribution in [0.2, 0.25) is 0 Å². The van der Waals surface area contributed by atoms with Crippen molar-refractivity contribution in [1.82, 2.24) is 15.6 Å². The normalized spacial score (nSPS) is 25.5. The Labute approximate surface area is 247 Å². The van der Waals surface area contributed by atoms with Crippen LogP contribution < -0.4 is 10.6 Å². The SMILES string of the molecule is CCC(C)C1OC(=O)C(C)C(O)C(Cc2c(F)c(F)c(F)c(F)c2F)NC(=O)C(NC(=O)c2ncccc2O)C(C)OC1=O. The summed E-state index contributed by atoms with van der Waals surface area (Å²) in [6, 6.07) is -1.34. The Morgan fingerprint density at radius 3 is 2.18 bits per heavy atom. The summed E-state index contributed by atoms with van der Waals surface area (Å²) in [4.78, 5) is 56.2. The van der Waals surface area contributed by atoms with E-state index < -0.39 is 118 Å². The molecule has 0 saturated carbocycles. The third-order valence-electron chi connectivity index (χ3n) is 7.33. The number of ether oxygens (including phenoxy) is 2. The zero-order valence-corrected chi connectivity index (χ0v) is 23.9. The van der Waals surface area contributed by atoms with E-state index in [4.69, 9.17) is 9.47 Å². The van der Waals surface area contributed by atoms with Crippen LogP contribution in [0.5, 0.6) is 5.75 Å². The molecule has 7 unspecified atom stereocenters. The fourth-order valence-corrected chi connectivity index (χ4v) is 4.41. The molecule has 240 valence electrons. The molecule has 4 N–H and O–H groups in total. The first-order chi connectivity index (χ1) is 20.6. The molecular weight excluding hydrogens is 601 g/mol. The number of aromatic nitrogens is 1. The molecule has 7 atom stereocenters. The number of aromatic hydroxyl groups is 1. The lowest BCUT2D eigenvalue weighted by Gasteiger charge is -2.34. The lowest BCUT2D eigenvalue weighted by Crippen LogP contribution is -2.59. The van der Waals surface area contributed by atoms with Gasteiger partial charge in [0.2, 0.25) is 17.8 Å². The fraction of sp³-hybridized carbons (Fsp3) is 0.464. The lowest BCUT2D eigenvalue weighted by atomic mass is 9.91. The molecule has 2 amide bonds. The van der Waals surface area contributed by atoms with Gasteiger partial charge in [0, 0.05) is 24.1 Å². The Kier molecular flexibility index (Phi) is 10.8. The minimum absolute atomic E-state index is 0.292. The smallest absolute Gasteiger partial charge is 0.348 e. The Balaban J connectivity index is 2.11. The maximum atomic E-state index is 14.6. The molecule has 1 saturated heterocycles. The van der Waals surface area contributed by atoms with Crippen LogP contribution in [-0.4, -0.2) is 69.3 Å². The number of esters is 2. The van der Waals surface area contributed by atoms with Gasteiger partial charge in [-0.1, -0.05) is 13.8 Å². The van der Waals surface area contributed by atoms with Gasteiger partial charge in [-0.2, -0.15) is 0 Å². The van der Waals surface area contributed by atoms with E-state index in [0.717, 1.165) is 19.2 Å². The summed E-state index contributed by atoms with van der Waals surface area (Å²) in [6.07, 6.45) is -4.96. The fourth-order valence-electron chi connectivity index (χ4n) is 4.41. The molecule has 0 spiro atoms. The number of hydrogen-bond donors (Lipinski definition) is 4. The Morgan fingerprint density at radius 1 is 1.02 bits per heavy atom. The zero-order valence-electron chi connectivity index (χ0n) is 23.9. The van der Waals surface area contributed by atoms with Gasteiger partial charge in [0.15, 0.2) is 29.0 Å². The van der Waals surface area contributed by atoms with Crippen LogP contribution in [0.25, 0.3) is 0 Å². The quantitative estimate of drug-likeness (QED) is 0.162. The van der Waals surface area contributed by atoms with Crippen LogP contribution in [0.15, 0.2) is 18.3 Å². The molecule has 3 rings (SSSR count). The third-order valence-corrected chi connectivity index (χ3v) is 7.33. The highest BCUT2D eigenvalue weighted by Gasteiger charge is 2.42. The van der Waals surface area contributed by atoms with Crippen LogP contribution in [-0.2, 0) is 30.3 Å². The standard InChI is InChI=1S/C28H30F5N3O8/c1-5-10(2)24-28(42)43-12(4)21(36-26(40)22-15(37)7-6-8-34-22)25(39)35-14(23(38)11(3)27(41)44-24)9-13-16(29)18(31)20(33)19(32)17(13)30/h6-8,10-12,14,21,23-24,37-38H,5,9H2,1-4H3,(H,35,39)(H,36,40). The van der Waals surface area contributed by atoms with E-state index in [0.29, 0.717) is 6.42 Å². The Morgan fingerprint density at radius 2 is 1.61 bits per heavy atom. The van der Waals surface area contributed by atoms with Gasteiger partial charge in [0.1, 0.15) is 17.9 Å². The number of hydrogen-bond acceptors (Lipinski definition) is 9. The Bertz CT molecular complexity index is 1420. The van der Waals surface area contributed by atoms with Crippen molar-refractivity contribution in [3.05, 3.63) is 58.7 Å². The molecule has 2 heterocycles. The van der Waals surface area contributed by atoms with Crippen LogP contribution in [0.4, 0.5) is 22.0 Å². The van der Waals surface area contributed by atoms with Crippen molar-refractivity contribution in [3.8, 4) is 5.75 Å². The highest BCUT2D eigenvalue weighted by Crippen LogP contribution is 2.27. The van der Waals surface area contributed by atoms with Crippen LogP contribution in [0.1, 0.15) is 50.2 Å². The second-order valence-electron chi connectivity index (χ2n) is 10.4. The zero-order chi connectivity index (χ0) is 33.0. The van der Waals surface area contributed by atoms with Crippen molar-refractivity contribution < 1.29 is 60.8 Å². The van der Waals surface area contributed by atoms with Crippen molar-refractivity contribution in [2.75, 3.05) is 0 Å². The maximum absolute atomic E-state index is 14.6. The lowest BCUT2D eigenvalue weighted by molar-refractivity contribution is -0.180. The molecular formula is C28H30F5N3O8. The first-order valence-corrected chi connectivity index (χ1v) is 13.4. The number of cyclic esters (lactones) is 2. The highest BCUT2D eigenvalue weighted by molar-refractivity contribution is 5.98. The second-order valence-corrected chi connectivity index (χ2v) is 10.4. The van der Waals surface area contributed by atoms with Crippen molar-refractivity contribution in [2.45, 2.75) is 70.9 Å². The van der Waals surface area contributed by atoms with Gasteiger partial charge >= 0.3 is 11.9 Å². The summed E-state index contributed by atoms with van der Waals surface area (Å²) in [5.74, 6) is -19.0. The van der Waals surface area contributed by atoms with Gasteiger partial charge in [0.25, 0.3) is 5.91 Å². The van der Waals surface area contributed by atoms with Crippen LogP contribution >= 0.6 is 0 Å². The summed E-state index contributed by atoms with van der Waals surface area (Å²) in [7, 11) is 0. The molecule has 0 radical (unpaired) electrons. The predicted octanol–water partition coefficient (Wildman–Crippen LogP) is 2.21. The highest BCUT2D eigenvalue weighted by atomic mass is 19.2. The topological polar surface area (TPSA) is 164 Å². The number of aliphatic hydroxyl groups excluding tert-OH is 1. The maximum Gasteiger partial charge on any atom is 0.348 e. The summed E-state index contributed by atoms with van der Waals surface area (Å²) in [5.41, 5.74) is -1.95. The monoisotopic (exact) mass is 631 g/mol.